The zero-order valence-electron chi connectivity index (χ0n) is 11.9. The predicted molar refractivity (Wildman–Crippen MR) is 83.1 cm³/mol. The molecule has 0 aliphatic carbocycles. The Morgan fingerprint density at radius 3 is 2.33 bits per heavy atom. The average molecular weight is 336 g/mol. The van der Waals surface area contributed by atoms with Gasteiger partial charge in [-0.25, -0.2) is 26.3 Å². The Labute approximate surface area is 125 Å². The Kier molecular flexibility index (Phi) is 5.96. The quantitative estimate of drug-likeness (QED) is 0.375. The fourth-order valence-corrected chi connectivity index (χ4v) is 3.10. The summed E-state index contributed by atoms with van der Waals surface area (Å²) in [6.45, 7) is 2.42. The van der Waals surface area contributed by atoms with Crippen LogP contribution in [-0.4, -0.2) is 42.7 Å². The lowest BCUT2D eigenvalue weighted by Crippen LogP contribution is -2.28. The van der Waals surface area contributed by atoms with Crippen molar-refractivity contribution < 1.29 is 16.8 Å². The van der Waals surface area contributed by atoms with Gasteiger partial charge in [-0.1, -0.05) is 6.92 Å². The van der Waals surface area contributed by atoms with Gasteiger partial charge in [0.25, 0.3) is 0 Å². The maximum Gasteiger partial charge on any atom is 0.240 e. The number of benzene rings is 1. The van der Waals surface area contributed by atoms with Crippen LogP contribution in [0.15, 0.2) is 23.1 Å². The van der Waals surface area contributed by atoms with Gasteiger partial charge in [0.05, 0.1) is 22.5 Å². The van der Waals surface area contributed by atoms with Gasteiger partial charge < -0.3 is 11.1 Å². The highest BCUT2D eigenvalue weighted by Crippen LogP contribution is 2.22. The molecule has 0 amide bonds. The number of nitrogens with one attached hydrogen (secondary N) is 3. The van der Waals surface area contributed by atoms with E-state index in [-0.39, 0.29) is 24.5 Å². The highest BCUT2D eigenvalue weighted by Gasteiger charge is 2.14. The maximum absolute atomic E-state index is 11.9. The van der Waals surface area contributed by atoms with E-state index >= 15 is 0 Å². The largest absolute Gasteiger partial charge is 0.397 e. The van der Waals surface area contributed by atoms with Gasteiger partial charge in [-0.05, 0) is 18.2 Å². The van der Waals surface area contributed by atoms with Crippen molar-refractivity contribution >= 4 is 31.4 Å². The monoisotopic (exact) mass is 336 g/mol. The van der Waals surface area contributed by atoms with Gasteiger partial charge in [-0.3, -0.25) is 0 Å². The summed E-state index contributed by atoms with van der Waals surface area (Å²) in [6, 6.07) is 4.30. The summed E-state index contributed by atoms with van der Waals surface area (Å²) < 4.78 is 50.3. The minimum Gasteiger partial charge on any atom is -0.397 e. The lowest BCUT2D eigenvalue weighted by Gasteiger charge is -2.12. The first-order valence-electron chi connectivity index (χ1n) is 6.23. The zero-order chi connectivity index (χ0) is 16.1. The normalized spacial score (nSPS) is 12.3. The van der Waals surface area contributed by atoms with Gasteiger partial charge in [-0.15, -0.1) is 0 Å². The van der Waals surface area contributed by atoms with E-state index in [0.717, 1.165) is 6.26 Å². The lowest BCUT2D eigenvalue weighted by atomic mass is 10.2. The van der Waals surface area contributed by atoms with Gasteiger partial charge in [0.15, 0.2) is 0 Å². The van der Waals surface area contributed by atoms with Crippen LogP contribution in [0.25, 0.3) is 0 Å². The van der Waals surface area contributed by atoms with Crippen LogP contribution in [0.1, 0.15) is 6.92 Å². The Hall–Kier alpha value is -1.36. The van der Waals surface area contributed by atoms with Crippen molar-refractivity contribution in [3.8, 4) is 0 Å². The first-order valence-corrected chi connectivity index (χ1v) is 9.61. The highest BCUT2D eigenvalue weighted by molar-refractivity contribution is 7.89. The Morgan fingerprint density at radius 1 is 1.10 bits per heavy atom. The average Bonchev–Trinajstić information content (AvgIpc) is 2.35. The molecule has 0 unspecified atom stereocenters. The number of nitrogens with two attached hydrogens (primary N) is 1. The fourth-order valence-electron chi connectivity index (χ4n) is 1.56. The molecule has 0 aliphatic heterocycles. The molecule has 21 heavy (non-hydrogen) atoms. The van der Waals surface area contributed by atoms with Crippen molar-refractivity contribution in [1.29, 1.82) is 0 Å². The molecular weight excluding hydrogens is 316 g/mol. The summed E-state index contributed by atoms with van der Waals surface area (Å²) in [5.74, 6) is 0. The van der Waals surface area contributed by atoms with E-state index in [1.165, 1.54) is 18.2 Å². The standard InChI is InChI=1S/C11H20N4O4S2/c1-3-14-21(18,19)9-4-5-10(12)11(8-9)13-6-7-15-20(2,16)17/h4-5,8,13-15H,3,6-7,12H2,1-2H3. The van der Waals surface area contributed by atoms with Crippen molar-refractivity contribution in [3.63, 3.8) is 0 Å². The molecule has 10 heteroatoms. The Bertz CT molecular complexity index is 686. The highest BCUT2D eigenvalue weighted by atomic mass is 32.2. The van der Waals surface area contributed by atoms with E-state index < -0.39 is 20.0 Å². The molecule has 1 aromatic carbocycles. The van der Waals surface area contributed by atoms with E-state index in [1.807, 2.05) is 0 Å². The molecule has 0 saturated heterocycles. The maximum atomic E-state index is 11.9. The number of rotatable bonds is 8. The summed E-state index contributed by atoms with van der Waals surface area (Å²) in [5.41, 5.74) is 6.57. The Morgan fingerprint density at radius 2 is 1.76 bits per heavy atom. The second-order valence-corrected chi connectivity index (χ2v) is 7.94. The minimum atomic E-state index is -3.56. The molecule has 0 radical (unpaired) electrons. The van der Waals surface area contributed by atoms with Crippen molar-refractivity contribution in [2.24, 2.45) is 0 Å². The molecule has 1 aromatic rings. The molecule has 0 aromatic heterocycles. The van der Waals surface area contributed by atoms with E-state index in [1.54, 1.807) is 6.92 Å². The third kappa shape index (κ3) is 5.87. The van der Waals surface area contributed by atoms with Crippen LogP contribution >= 0.6 is 0 Å². The van der Waals surface area contributed by atoms with Gasteiger partial charge in [0, 0.05) is 19.6 Å². The second-order valence-electron chi connectivity index (χ2n) is 4.34. The number of sulfonamides is 2. The molecule has 0 atom stereocenters. The van der Waals surface area contributed by atoms with Crippen molar-refractivity contribution in [2.45, 2.75) is 11.8 Å². The Balaban J connectivity index is 2.79. The number of nitrogen functional groups attached to an aromatic ring is 1. The minimum absolute atomic E-state index is 0.0946. The molecule has 0 aliphatic rings. The third-order valence-electron chi connectivity index (χ3n) is 2.47. The topological polar surface area (TPSA) is 130 Å². The van der Waals surface area contributed by atoms with Crippen LogP contribution in [0, 0.1) is 0 Å². The fraction of sp³-hybridized carbons (Fsp3) is 0.455. The summed E-state index contributed by atoms with van der Waals surface area (Å²) in [7, 11) is -6.82. The van der Waals surface area contributed by atoms with Gasteiger partial charge in [0.1, 0.15) is 0 Å². The SMILES string of the molecule is CCNS(=O)(=O)c1ccc(N)c(NCCNS(C)(=O)=O)c1. The van der Waals surface area contributed by atoms with Crippen molar-refractivity contribution in [2.75, 3.05) is 36.9 Å². The van der Waals surface area contributed by atoms with Crippen molar-refractivity contribution in [1.82, 2.24) is 9.44 Å². The molecule has 0 fully saturated rings. The van der Waals surface area contributed by atoms with Crippen LogP contribution < -0.4 is 20.5 Å². The van der Waals surface area contributed by atoms with Crippen molar-refractivity contribution in [3.05, 3.63) is 18.2 Å². The molecule has 1 rings (SSSR count). The molecule has 8 nitrogen and oxygen atoms in total. The van der Waals surface area contributed by atoms with Crippen LogP contribution in [0.4, 0.5) is 11.4 Å². The smallest absolute Gasteiger partial charge is 0.240 e. The molecule has 0 bridgehead atoms. The summed E-state index contributed by atoms with van der Waals surface area (Å²) in [5, 5.41) is 2.90. The van der Waals surface area contributed by atoms with Crippen LogP contribution in [0.2, 0.25) is 0 Å². The first-order chi connectivity index (χ1) is 9.65. The molecule has 5 N–H and O–H groups in total. The summed E-state index contributed by atoms with van der Waals surface area (Å²) in [6.07, 6.45) is 1.06. The van der Waals surface area contributed by atoms with Gasteiger partial charge in [-0.2, -0.15) is 0 Å². The van der Waals surface area contributed by atoms with E-state index in [4.69, 9.17) is 5.73 Å². The van der Waals surface area contributed by atoms with Crippen LogP contribution in [-0.2, 0) is 20.0 Å². The molecule has 0 heterocycles. The second kappa shape index (κ2) is 7.07. The summed E-state index contributed by atoms with van der Waals surface area (Å²) >= 11 is 0. The number of hydrogen-bond donors (Lipinski definition) is 4. The first kappa shape index (κ1) is 17.7. The molecule has 0 spiro atoms. The van der Waals surface area contributed by atoms with E-state index in [9.17, 15) is 16.8 Å². The molecule has 0 saturated carbocycles. The number of hydrogen-bond acceptors (Lipinski definition) is 6. The van der Waals surface area contributed by atoms with Gasteiger partial charge in [0.2, 0.25) is 20.0 Å². The third-order valence-corrected chi connectivity index (χ3v) is 4.75. The molecule has 120 valence electrons. The van der Waals surface area contributed by atoms with Crippen LogP contribution in [0.3, 0.4) is 0 Å². The number of anilines is 2. The molecular formula is C11H20N4O4S2. The van der Waals surface area contributed by atoms with Gasteiger partial charge >= 0.3 is 0 Å². The summed E-state index contributed by atoms with van der Waals surface area (Å²) in [4.78, 5) is 0.0946. The lowest BCUT2D eigenvalue weighted by molar-refractivity contribution is 0.583. The van der Waals surface area contributed by atoms with E-state index in [0.29, 0.717) is 11.4 Å². The van der Waals surface area contributed by atoms with Crippen LogP contribution in [0.5, 0.6) is 0 Å². The predicted octanol–water partition coefficient (Wildman–Crippen LogP) is -0.472. The van der Waals surface area contributed by atoms with E-state index in [2.05, 4.69) is 14.8 Å². The zero-order valence-corrected chi connectivity index (χ0v) is 13.5.